The van der Waals surface area contributed by atoms with Crippen LogP contribution in [-0.4, -0.2) is 4.92 Å². The molecule has 0 atom stereocenters. The Morgan fingerprint density at radius 1 is 1.21 bits per heavy atom. The van der Waals surface area contributed by atoms with Crippen LogP contribution in [0.15, 0.2) is 42.5 Å². The summed E-state index contributed by atoms with van der Waals surface area (Å²) in [4.78, 5) is 10.1. The molecule has 0 bridgehead atoms. The van der Waals surface area contributed by atoms with E-state index >= 15 is 0 Å². The standard InChI is InChI=1S/C14H15N3O2/c1-10-8-12(4-7-14(10)15)16-9-11-2-5-13(6-3-11)17(18)19/h2-8,16H,9,15H2,1H3. The Labute approximate surface area is 111 Å². The molecular weight excluding hydrogens is 242 g/mol. The van der Waals surface area contributed by atoms with Gasteiger partial charge in [-0.05, 0) is 36.2 Å². The van der Waals surface area contributed by atoms with Crippen LogP contribution in [0, 0.1) is 17.0 Å². The van der Waals surface area contributed by atoms with Gasteiger partial charge in [-0.25, -0.2) is 0 Å². The summed E-state index contributed by atoms with van der Waals surface area (Å²) in [6.07, 6.45) is 0. The number of nitro groups is 1. The molecule has 5 heteroatoms. The second-order valence-electron chi connectivity index (χ2n) is 4.35. The molecule has 0 aliphatic rings. The van der Waals surface area contributed by atoms with E-state index < -0.39 is 4.92 Å². The van der Waals surface area contributed by atoms with Crippen LogP contribution in [0.4, 0.5) is 17.1 Å². The number of nitrogen functional groups attached to an aromatic ring is 1. The topological polar surface area (TPSA) is 81.2 Å². The summed E-state index contributed by atoms with van der Waals surface area (Å²) in [5, 5.41) is 13.8. The lowest BCUT2D eigenvalue weighted by Crippen LogP contribution is -2.00. The molecule has 0 unspecified atom stereocenters. The number of benzene rings is 2. The van der Waals surface area contributed by atoms with E-state index in [1.54, 1.807) is 12.1 Å². The number of hydrogen-bond donors (Lipinski definition) is 2. The van der Waals surface area contributed by atoms with Crippen LogP contribution in [0.3, 0.4) is 0 Å². The number of rotatable bonds is 4. The first kappa shape index (κ1) is 12.9. The van der Waals surface area contributed by atoms with Gasteiger partial charge in [-0.2, -0.15) is 0 Å². The lowest BCUT2D eigenvalue weighted by atomic mass is 10.1. The van der Waals surface area contributed by atoms with Gasteiger partial charge in [-0.1, -0.05) is 12.1 Å². The molecule has 2 aromatic rings. The Hall–Kier alpha value is -2.56. The van der Waals surface area contributed by atoms with Crippen LogP contribution < -0.4 is 11.1 Å². The predicted molar refractivity (Wildman–Crippen MR) is 76.0 cm³/mol. The van der Waals surface area contributed by atoms with Crippen molar-refractivity contribution in [3.8, 4) is 0 Å². The van der Waals surface area contributed by atoms with Crippen molar-refractivity contribution in [3.05, 3.63) is 63.7 Å². The number of non-ortho nitro benzene ring substituents is 1. The minimum absolute atomic E-state index is 0.104. The Kier molecular flexibility index (Phi) is 3.66. The van der Waals surface area contributed by atoms with Crippen LogP contribution >= 0.6 is 0 Å². The first-order valence-electron chi connectivity index (χ1n) is 5.89. The molecule has 0 aliphatic heterocycles. The van der Waals surface area contributed by atoms with E-state index in [2.05, 4.69) is 5.32 Å². The summed E-state index contributed by atoms with van der Waals surface area (Å²) >= 11 is 0. The van der Waals surface area contributed by atoms with Crippen molar-refractivity contribution in [2.75, 3.05) is 11.1 Å². The van der Waals surface area contributed by atoms with Gasteiger partial charge in [0.05, 0.1) is 4.92 Å². The van der Waals surface area contributed by atoms with E-state index in [0.29, 0.717) is 6.54 Å². The molecule has 2 rings (SSSR count). The second-order valence-corrected chi connectivity index (χ2v) is 4.35. The van der Waals surface area contributed by atoms with E-state index in [4.69, 9.17) is 5.73 Å². The third-order valence-corrected chi connectivity index (χ3v) is 2.91. The maximum atomic E-state index is 10.5. The molecule has 0 amide bonds. The zero-order valence-corrected chi connectivity index (χ0v) is 10.6. The average molecular weight is 257 g/mol. The lowest BCUT2D eigenvalue weighted by molar-refractivity contribution is -0.384. The number of aryl methyl sites for hydroxylation is 1. The van der Waals surface area contributed by atoms with E-state index in [9.17, 15) is 10.1 Å². The monoisotopic (exact) mass is 257 g/mol. The summed E-state index contributed by atoms with van der Waals surface area (Å²) < 4.78 is 0. The molecule has 0 spiro atoms. The third-order valence-electron chi connectivity index (χ3n) is 2.91. The molecule has 0 aromatic heterocycles. The van der Waals surface area contributed by atoms with Crippen molar-refractivity contribution >= 4 is 17.1 Å². The number of anilines is 2. The van der Waals surface area contributed by atoms with Gasteiger partial charge in [0.25, 0.3) is 5.69 Å². The summed E-state index contributed by atoms with van der Waals surface area (Å²) in [5.74, 6) is 0. The van der Waals surface area contributed by atoms with Crippen molar-refractivity contribution in [2.45, 2.75) is 13.5 Å². The molecule has 0 fully saturated rings. The van der Waals surface area contributed by atoms with Crippen LogP contribution in [0.2, 0.25) is 0 Å². The number of nitrogens with zero attached hydrogens (tertiary/aromatic N) is 1. The molecule has 0 heterocycles. The quantitative estimate of drug-likeness (QED) is 0.501. The Bertz CT molecular complexity index is 594. The van der Waals surface area contributed by atoms with Crippen molar-refractivity contribution in [2.24, 2.45) is 0 Å². The fraction of sp³-hybridized carbons (Fsp3) is 0.143. The van der Waals surface area contributed by atoms with Gasteiger partial charge in [0.1, 0.15) is 0 Å². The maximum absolute atomic E-state index is 10.5. The second kappa shape index (κ2) is 5.39. The van der Waals surface area contributed by atoms with Crippen molar-refractivity contribution in [1.82, 2.24) is 0 Å². The minimum Gasteiger partial charge on any atom is -0.399 e. The first-order valence-corrected chi connectivity index (χ1v) is 5.89. The van der Waals surface area contributed by atoms with Gasteiger partial charge >= 0.3 is 0 Å². The maximum Gasteiger partial charge on any atom is 0.269 e. The fourth-order valence-corrected chi connectivity index (χ4v) is 1.73. The minimum atomic E-state index is -0.402. The average Bonchev–Trinajstić information content (AvgIpc) is 2.40. The normalized spacial score (nSPS) is 10.2. The SMILES string of the molecule is Cc1cc(NCc2ccc([N+](=O)[O-])cc2)ccc1N. The highest BCUT2D eigenvalue weighted by atomic mass is 16.6. The van der Waals surface area contributed by atoms with Gasteiger partial charge in [0, 0.05) is 30.1 Å². The predicted octanol–water partition coefficient (Wildman–Crippen LogP) is 3.10. The zero-order valence-electron chi connectivity index (χ0n) is 10.6. The molecule has 0 saturated heterocycles. The first-order chi connectivity index (χ1) is 9.06. The van der Waals surface area contributed by atoms with Gasteiger partial charge in [0.15, 0.2) is 0 Å². The van der Waals surface area contributed by atoms with E-state index in [0.717, 1.165) is 22.5 Å². The Morgan fingerprint density at radius 2 is 1.89 bits per heavy atom. The number of nitrogens with one attached hydrogen (secondary N) is 1. The number of hydrogen-bond acceptors (Lipinski definition) is 4. The van der Waals surface area contributed by atoms with Crippen LogP contribution in [0.25, 0.3) is 0 Å². The molecule has 0 saturated carbocycles. The van der Waals surface area contributed by atoms with Crippen molar-refractivity contribution < 1.29 is 4.92 Å². The van der Waals surface area contributed by atoms with Crippen LogP contribution in [0.5, 0.6) is 0 Å². The molecule has 0 radical (unpaired) electrons. The molecular formula is C14H15N3O2. The summed E-state index contributed by atoms with van der Waals surface area (Å²) in [5.41, 5.74) is 9.60. The number of nitro benzene ring substituents is 1. The molecule has 98 valence electrons. The molecule has 19 heavy (non-hydrogen) atoms. The molecule has 5 nitrogen and oxygen atoms in total. The highest BCUT2D eigenvalue weighted by Gasteiger charge is 2.03. The molecule has 0 aliphatic carbocycles. The van der Waals surface area contributed by atoms with E-state index in [1.165, 1.54) is 12.1 Å². The van der Waals surface area contributed by atoms with Gasteiger partial charge in [-0.3, -0.25) is 10.1 Å². The van der Waals surface area contributed by atoms with Crippen molar-refractivity contribution in [3.63, 3.8) is 0 Å². The van der Waals surface area contributed by atoms with Crippen LogP contribution in [-0.2, 0) is 6.54 Å². The van der Waals surface area contributed by atoms with Crippen molar-refractivity contribution in [1.29, 1.82) is 0 Å². The van der Waals surface area contributed by atoms with Gasteiger partial charge in [0.2, 0.25) is 0 Å². The van der Waals surface area contributed by atoms with E-state index in [1.807, 2.05) is 25.1 Å². The smallest absolute Gasteiger partial charge is 0.269 e. The third kappa shape index (κ3) is 3.22. The van der Waals surface area contributed by atoms with Crippen LogP contribution in [0.1, 0.15) is 11.1 Å². The van der Waals surface area contributed by atoms with Gasteiger partial charge in [-0.15, -0.1) is 0 Å². The Morgan fingerprint density at radius 3 is 2.47 bits per heavy atom. The zero-order chi connectivity index (χ0) is 13.8. The summed E-state index contributed by atoms with van der Waals surface area (Å²) in [7, 11) is 0. The summed E-state index contributed by atoms with van der Waals surface area (Å²) in [6.45, 7) is 2.56. The Balaban J connectivity index is 2.01. The fourth-order valence-electron chi connectivity index (χ4n) is 1.73. The highest BCUT2D eigenvalue weighted by molar-refractivity contribution is 5.56. The molecule has 2 aromatic carbocycles. The van der Waals surface area contributed by atoms with Gasteiger partial charge < -0.3 is 11.1 Å². The lowest BCUT2D eigenvalue weighted by Gasteiger charge is -2.08. The van der Waals surface area contributed by atoms with E-state index in [-0.39, 0.29) is 5.69 Å². The summed E-state index contributed by atoms with van der Waals surface area (Å²) in [6, 6.07) is 12.2. The number of nitrogens with two attached hydrogens (primary N) is 1. The largest absolute Gasteiger partial charge is 0.399 e. The highest BCUT2D eigenvalue weighted by Crippen LogP contribution is 2.18. The molecule has 3 N–H and O–H groups in total.